The fourth-order valence-corrected chi connectivity index (χ4v) is 5.50. The van der Waals surface area contributed by atoms with Crippen molar-refractivity contribution < 1.29 is 22.0 Å². The summed E-state index contributed by atoms with van der Waals surface area (Å²) >= 11 is 0. The highest BCUT2D eigenvalue weighted by Crippen LogP contribution is 2.29. The van der Waals surface area contributed by atoms with Crippen molar-refractivity contribution in [1.82, 2.24) is 14.1 Å². The number of halogens is 2. The Morgan fingerprint density at radius 2 is 1.48 bits per heavy atom. The molecule has 2 aliphatic heterocycles. The van der Waals surface area contributed by atoms with Crippen LogP contribution in [0.3, 0.4) is 0 Å². The third kappa shape index (κ3) is 5.43. The molecule has 2 aliphatic rings. The number of piperidine rings is 1. The Hall–Kier alpha value is -1.58. The lowest BCUT2D eigenvalue weighted by atomic mass is 9.87. The molecule has 2 heterocycles. The zero-order chi connectivity index (χ0) is 23.0. The summed E-state index contributed by atoms with van der Waals surface area (Å²) in [7, 11) is -3.60. The first-order valence-electron chi connectivity index (χ1n) is 10.8. The van der Waals surface area contributed by atoms with Gasteiger partial charge in [0.1, 0.15) is 0 Å². The molecule has 174 valence electrons. The molecule has 3 rings (SSSR count). The highest BCUT2D eigenvalue weighted by molar-refractivity contribution is 7.89. The molecule has 6 nitrogen and oxygen atoms in total. The molecule has 31 heavy (non-hydrogen) atoms. The Kier molecular flexibility index (Phi) is 6.79. The van der Waals surface area contributed by atoms with Crippen LogP contribution in [0.2, 0.25) is 0 Å². The molecular formula is C22H33F2N3O3S. The van der Waals surface area contributed by atoms with Gasteiger partial charge in [-0.15, -0.1) is 0 Å². The van der Waals surface area contributed by atoms with E-state index in [0.29, 0.717) is 26.2 Å². The van der Waals surface area contributed by atoms with Gasteiger partial charge in [0.05, 0.1) is 10.9 Å². The minimum Gasteiger partial charge on any atom is -0.341 e. The Morgan fingerprint density at radius 3 is 1.97 bits per heavy atom. The molecule has 1 amide bonds. The summed E-state index contributed by atoms with van der Waals surface area (Å²) in [5.41, 5.74) is 1.01. The van der Waals surface area contributed by atoms with Crippen molar-refractivity contribution in [3.63, 3.8) is 0 Å². The van der Waals surface area contributed by atoms with Gasteiger partial charge in [-0.1, -0.05) is 32.9 Å². The number of sulfonamides is 1. The van der Waals surface area contributed by atoms with Crippen LogP contribution in [-0.2, 0) is 20.2 Å². The Morgan fingerprint density at radius 1 is 0.968 bits per heavy atom. The van der Waals surface area contributed by atoms with Gasteiger partial charge in [0.2, 0.25) is 15.9 Å². The molecule has 0 saturated carbocycles. The van der Waals surface area contributed by atoms with E-state index in [4.69, 9.17) is 0 Å². The second kappa shape index (κ2) is 8.75. The van der Waals surface area contributed by atoms with Gasteiger partial charge in [0, 0.05) is 52.1 Å². The molecule has 0 unspecified atom stereocenters. The van der Waals surface area contributed by atoms with Gasteiger partial charge in [-0.05, 0) is 30.0 Å². The minimum atomic E-state index is -3.60. The van der Waals surface area contributed by atoms with E-state index >= 15 is 0 Å². The van der Waals surface area contributed by atoms with Gasteiger partial charge in [0.15, 0.2) is 0 Å². The highest BCUT2D eigenvalue weighted by atomic mass is 32.2. The maximum atomic E-state index is 13.4. The van der Waals surface area contributed by atoms with Crippen LogP contribution in [0.1, 0.15) is 46.1 Å². The van der Waals surface area contributed by atoms with Crippen LogP contribution in [0, 0.1) is 0 Å². The first kappa shape index (κ1) is 24.1. The lowest BCUT2D eigenvalue weighted by Gasteiger charge is -2.40. The van der Waals surface area contributed by atoms with Crippen LogP contribution in [0.4, 0.5) is 8.78 Å². The molecule has 1 aromatic rings. The number of amides is 1. The molecule has 0 spiro atoms. The number of hydrogen-bond acceptors (Lipinski definition) is 4. The standard InChI is InChI=1S/C22H33F2N3O3S/c1-17(20(28)26-11-9-22(23,24)10-12-26)25-13-15-27(16-14-25)31(29,30)19-7-5-18(6-8-19)21(2,3)4/h5-8,17H,9-16H2,1-4H3/t17-/m0/s1. The average molecular weight is 458 g/mol. The maximum Gasteiger partial charge on any atom is 0.251 e. The van der Waals surface area contributed by atoms with Gasteiger partial charge < -0.3 is 4.90 Å². The molecule has 0 radical (unpaired) electrons. The van der Waals surface area contributed by atoms with Crippen molar-refractivity contribution in [2.75, 3.05) is 39.3 Å². The number of alkyl halides is 2. The van der Waals surface area contributed by atoms with Gasteiger partial charge in [0.25, 0.3) is 5.92 Å². The van der Waals surface area contributed by atoms with Crippen molar-refractivity contribution in [2.45, 2.75) is 62.8 Å². The van der Waals surface area contributed by atoms with Crippen LogP contribution in [0.5, 0.6) is 0 Å². The first-order chi connectivity index (χ1) is 14.3. The normalized spacial score (nSPS) is 22.3. The third-order valence-corrected chi connectivity index (χ3v) is 8.26. The van der Waals surface area contributed by atoms with Crippen LogP contribution < -0.4 is 0 Å². The van der Waals surface area contributed by atoms with Gasteiger partial charge in [-0.3, -0.25) is 9.69 Å². The van der Waals surface area contributed by atoms with Crippen molar-refractivity contribution in [3.05, 3.63) is 29.8 Å². The predicted octanol–water partition coefficient (Wildman–Crippen LogP) is 2.94. The fraction of sp³-hybridized carbons (Fsp3) is 0.682. The molecule has 1 atom stereocenters. The van der Waals surface area contributed by atoms with E-state index in [-0.39, 0.29) is 42.1 Å². The van der Waals surface area contributed by atoms with E-state index in [1.807, 2.05) is 17.0 Å². The summed E-state index contributed by atoms with van der Waals surface area (Å²) in [6.07, 6.45) is -0.600. The number of likely N-dealkylation sites (tertiary alicyclic amines) is 1. The van der Waals surface area contributed by atoms with Crippen molar-refractivity contribution >= 4 is 15.9 Å². The van der Waals surface area contributed by atoms with Crippen LogP contribution in [-0.4, -0.2) is 79.7 Å². The number of hydrogen-bond donors (Lipinski definition) is 0. The number of carbonyl (C=O) groups is 1. The summed E-state index contributed by atoms with van der Waals surface area (Å²) in [6, 6.07) is 6.56. The summed E-state index contributed by atoms with van der Waals surface area (Å²) in [5, 5.41) is 0. The van der Waals surface area contributed by atoms with E-state index in [2.05, 4.69) is 20.8 Å². The van der Waals surface area contributed by atoms with Crippen LogP contribution in [0.25, 0.3) is 0 Å². The van der Waals surface area contributed by atoms with Crippen LogP contribution >= 0.6 is 0 Å². The largest absolute Gasteiger partial charge is 0.341 e. The van der Waals surface area contributed by atoms with E-state index in [9.17, 15) is 22.0 Å². The number of benzene rings is 1. The minimum absolute atomic E-state index is 0.0547. The number of carbonyl (C=O) groups excluding carboxylic acids is 1. The Labute approximate surface area is 184 Å². The fourth-order valence-electron chi connectivity index (χ4n) is 4.08. The van der Waals surface area contributed by atoms with Crippen molar-refractivity contribution in [2.24, 2.45) is 0 Å². The van der Waals surface area contributed by atoms with Crippen LogP contribution in [0.15, 0.2) is 29.2 Å². The molecule has 2 fully saturated rings. The summed E-state index contributed by atoms with van der Waals surface area (Å²) in [5.74, 6) is -2.85. The lowest BCUT2D eigenvalue weighted by Crippen LogP contribution is -2.56. The molecule has 2 saturated heterocycles. The second-order valence-corrected chi connectivity index (χ2v) is 11.5. The summed E-state index contributed by atoms with van der Waals surface area (Å²) in [6.45, 7) is 9.56. The SMILES string of the molecule is C[C@@H](C(=O)N1CCC(F)(F)CC1)N1CCN(S(=O)(=O)c2ccc(C(C)(C)C)cc2)CC1. The Balaban J connectivity index is 1.59. The highest BCUT2D eigenvalue weighted by Gasteiger charge is 2.38. The number of rotatable bonds is 4. The van der Waals surface area contributed by atoms with Gasteiger partial charge >= 0.3 is 0 Å². The summed E-state index contributed by atoms with van der Waals surface area (Å²) < 4.78 is 54.2. The second-order valence-electron chi connectivity index (χ2n) is 9.57. The predicted molar refractivity (Wildman–Crippen MR) is 116 cm³/mol. The van der Waals surface area contributed by atoms with Crippen molar-refractivity contribution in [1.29, 1.82) is 0 Å². The van der Waals surface area contributed by atoms with E-state index in [0.717, 1.165) is 5.56 Å². The quantitative estimate of drug-likeness (QED) is 0.698. The molecule has 0 N–H and O–H groups in total. The van der Waals surface area contributed by atoms with Gasteiger partial charge in [-0.25, -0.2) is 17.2 Å². The lowest BCUT2D eigenvalue weighted by molar-refractivity contribution is -0.142. The number of nitrogens with zero attached hydrogens (tertiary/aromatic N) is 3. The molecule has 0 aromatic heterocycles. The zero-order valence-corrected chi connectivity index (χ0v) is 19.6. The number of piperazine rings is 1. The molecule has 1 aromatic carbocycles. The third-order valence-electron chi connectivity index (χ3n) is 6.34. The van der Waals surface area contributed by atoms with E-state index in [1.165, 1.54) is 9.21 Å². The maximum absolute atomic E-state index is 13.4. The van der Waals surface area contributed by atoms with Gasteiger partial charge in [-0.2, -0.15) is 4.31 Å². The first-order valence-corrected chi connectivity index (χ1v) is 12.3. The molecule has 9 heteroatoms. The molecular weight excluding hydrogens is 424 g/mol. The van der Waals surface area contributed by atoms with E-state index < -0.39 is 22.0 Å². The zero-order valence-electron chi connectivity index (χ0n) is 18.8. The molecule has 0 bridgehead atoms. The average Bonchev–Trinajstić information content (AvgIpc) is 2.72. The topological polar surface area (TPSA) is 60.9 Å². The monoisotopic (exact) mass is 457 g/mol. The van der Waals surface area contributed by atoms with E-state index in [1.54, 1.807) is 19.1 Å². The molecule has 0 aliphatic carbocycles. The smallest absolute Gasteiger partial charge is 0.251 e. The summed E-state index contributed by atoms with van der Waals surface area (Å²) in [4.78, 5) is 16.4. The van der Waals surface area contributed by atoms with Crippen molar-refractivity contribution in [3.8, 4) is 0 Å². The Bertz CT molecular complexity index is 880.